The first kappa shape index (κ1) is 19.4. The number of nitrogens with two attached hydrogens (primary N) is 1. The summed E-state index contributed by atoms with van der Waals surface area (Å²) >= 11 is 0. The summed E-state index contributed by atoms with van der Waals surface area (Å²) in [5.74, 6) is 0.109. The van der Waals surface area contributed by atoms with Crippen LogP contribution in [0.1, 0.15) is 48.5 Å². The van der Waals surface area contributed by atoms with Gasteiger partial charge < -0.3 is 15.4 Å². The highest BCUT2D eigenvalue weighted by Gasteiger charge is 2.29. The zero-order valence-corrected chi connectivity index (χ0v) is 15.7. The lowest BCUT2D eigenvalue weighted by Crippen LogP contribution is -2.45. The summed E-state index contributed by atoms with van der Waals surface area (Å²) in [4.78, 5) is 15.1. The number of hydrogen-bond acceptors (Lipinski definition) is 3. The minimum Gasteiger partial charge on any atom is -0.488 e. The fourth-order valence-electron chi connectivity index (χ4n) is 3.75. The lowest BCUT2D eigenvalue weighted by atomic mass is 9.90. The van der Waals surface area contributed by atoms with Crippen molar-refractivity contribution >= 4 is 5.91 Å². The third-order valence-corrected chi connectivity index (χ3v) is 5.19. The monoisotopic (exact) mass is 370 g/mol. The molecule has 5 heteroatoms. The van der Waals surface area contributed by atoms with Crippen molar-refractivity contribution in [2.45, 2.75) is 51.3 Å². The molecule has 2 aromatic carbocycles. The Labute approximate surface area is 160 Å². The van der Waals surface area contributed by atoms with E-state index < -0.39 is 0 Å². The molecule has 0 spiro atoms. The quantitative estimate of drug-likeness (QED) is 0.832. The molecule has 4 nitrogen and oxygen atoms in total. The van der Waals surface area contributed by atoms with Crippen molar-refractivity contribution in [1.29, 1.82) is 0 Å². The van der Waals surface area contributed by atoms with Gasteiger partial charge in [-0.15, -0.1) is 0 Å². The van der Waals surface area contributed by atoms with E-state index in [-0.39, 0.29) is 30.4 Å². The maximum Gasteiger partial charge on any atom is 0.257 e. The van der Waals surface area contributed by atoms with Gasteiger partial charge in [0.15, 0.2) is 0 Å². The van der Waals surface area contributed by atoms with Crippen LogP contribution in [0, 0.1) is 5.82 Å². The molecule has 0 aromatic heterocycles. The van der Waals surface area contributed by atoms with E-state index in [4.69, 9.17) is 10.5 Å². The van der Waals surface area contributed by atoms with Crippen LogP contribution in [0.15, 0.2) is 48.5 Å². The van der Waals surface area contributed by atoms with Gasteiger partial charge in [0.1, 0.15) is 18.2 Å². The Hall–Kier alpha value is -2.40. The smallest absolute Gasteiger partial charge is 0.257 e. The van der Waals surface area contributed by atoms with Gasteiger partial charge in [-0.3, -0.25) is 4.79 Å². The van der Waals surface area contributed by atoms with Gasteiger partial charge in [-0.05, 0) is 50.8 Å². The third kappa shape index (κ3) is 4.66. The molecular formula is C22H27FN2O2. The van der Waals surface area contributed by atoms with Crippen LogP contribution in [0.2, 0.25) is 0 Å². The summed E-state index contributed by atoms with van der Waals surface area (Å²) in [5, 5.41) is 0. The minimum absolute atomic E-state index is 0.0549. The van der Waals surface area contributed by atoms with Gasteiger partial charge in [0.2, 0.25) is 0 Å². The van der Waals surface area contributed by atoms with Crippen LogP contribution < -0.4 is 10.5 Å². The summed E-state index contributed by atoms with van der Waals surface area (Å²) in [6.07, 6.45) is 3.87. The van der Waals surface area contributed by atoms with Crippen LogP contribution in [0.3, 0.4) is 0 Å². The number of hydrogen-bond donors (Lipinski definition) is 1. The fraction of sp³-hybridized carbons (Fsp3) is 0.409. The minimum atomic E-state index is -0.312. The van der Waals surface area contributed by atoms with Crippen LogP contribution in [0.5, 0.6) is 5.75 Å². The summed E-state index contributed by atoms with van der Waals surface area (Å²) in [7, 11) is 0. The molecule has 3 rings (SSSR count). The van der Waals surface area contributed by atoms with Gasteiger partial charge in [-0.25, -0.2) is 4.39 Å². The van der Waals surface area contributed by atoms with E-state index in [9.17, 15) is 9.18 Å². The maximum absolute atomic E-state index is 13.8. The molecule has 1 fully saturated rings. The van der Waals surface area contributed by atoms with Crippen LogP contribution >= 0.6 is 0 Å². The SMILES string of the molecule is CCN(C(=O)c1ccccc1OCc1ccccc1F)[C@H]1CCC[C@@H](N)C1. The van der Waals surface area contributed by atoms with E-state index in [1.807, 2.05) is 24.0 Å². The Morgan fingerprint density at radius 2 is 1.93 bits per heavy atom. The fourth-order valence-corrected chi connectivity index (χ4v) is 3.75. The number of carbonyl (C=O) groups is 1. The van der Waals surface area contributed by atoms with Crippen molar-refractivity contribution in [1.82, 2.24) is 4.90 Å². The zero-order chi connectivity index (χ0) is 19.2. The molecule has 2 N–H and O–H groups in total. The molecule has 0 saturated heterocycles. The van der Waals surface area contributed by atoms with Crippen molar-refractivity contribution < 1.29 is 13.9 Å². The molecule has 1 aliphatic carbocycles. The highest BCUT2D eigenvalue weighted by atomic mass is 19.1. The molecular weight excluding hydrogens is 343 g/mol. The van der Waals surface area contributed by atoms with Crippen LogP contribution in [0.4, 0.5) is 4.39 Å². The second-order valence-electron chi connectivity index (χ2n) is 7.05. The topological polar surface area (TPSA) is 55.6 Å². The van der Waals surface area contributed by atoms with E-state index in [2.05, 4.69) is 0 Å². The Kier molecular flexibility index (Phi) is 6.45. The molecule has 1 amide bonds. The summed E-state index contributed by atoms with van der Waals surface area (Å²) in [6.45, 7) is 2.69. The van der Waals surface area contributed by atoms with Crippen LogP contribution in [-0.4, -0.2) is 29.4 Å². The van der Waals surface area contributed by atoms with Crippen LogP contribution in [-0.2, 0) is 6.61 Å². The number of benzene rings is 2. The van der Waals surface area contributed by atoms with Crippen molar-refractivity contribution in [3.05, 3.63) is 65.5 Å². The molecule has 2 aromatic rings. The molecule has 0 radical (unpaired) electrons. The molecule has 0 unspecified atom stereocenters. The number of para-hydroxylation sites is 1. The highest BCUT2D eigenvalue weighted by Crippen LogP contribution is 2.27. The number of halogens is 1. The van der Waals surface area contributed by atoms with Gasteiger partial charge in [0.05, 0.1) is 5.56 Å². The first-order valence-corrected chi connectivity index (χ1v) is 9.62. The zero-order valence-electron chi connectivity index (χ0n) is 15.7. The van der Waals surface area contributed by atoms with Gasteiger partial charge in [-0.1, -0.05) is 30.3 Å². The van der Waals surface area contributed by atoms with Gasteiger partial charge in [-0.2, -0.15) is 0 Å². The summed E-state index contributed by atoms with van der Waals surface area (Å²) in [5.41, 5.74) is 7.09. The molecule has 0 aliphatic heterocycles. The average Bonchev–Trinajstić information content (AvgIpc) is 2.68. The molecule has 144 valence electrons. The number of rotatable bonds is 6. The van der Waals surface area contributed by atoms with E-state index in [0.29, 0.717) is 23.4 Å². The molecule has 2 atom stereocenters. The second kappa shape index (κ2) is 9.00. The van der Waals surface area contributed by atoms with Crippen molar-refractivity contribution in [2.75, 3.05) is 6.54 Å². The average molecular weight is 370 g/mol. The van der Waals surface area contributed by atoms with Gasteiger partial charge in [0.25, 0.3) is 5.91 Å². The van der Waals surface area contributed by atoms with E-state index >= 15 is 0 Å². The Morgan fingerprint density at radius 3 is 2.67 bits per heavy atom. The summed E-state index contributed by atoms with van der Waals surface area (Å²) < 4.78 is 19.7. The van der Waals surface area contributed by atoms with Gasteiger partial charge in [0, 0.05) is 24.2 Å². The molecule has 0 heterocycles. The first-order chi connectivity index (χ1) is 13.1. The number of nitrogens with zero attached hydrogens (tertiary/aromatic N) is 1. The summed E-state index contributed by atoms with van der Waals surface area (Å²) in [6, 6.07) is 14.0. The van der Waals surface area contributed by atoms with Crippen molar-refractivity contribution in [3.63, 3.8) is 0 Å². The first-order valence-electron chi connectivity index (χ1n) is 9.62. The van der Waals surface area contributed by atoms with Crippen molar-refractivity contribution in [2.24, 2.45) is 5.73 Å². The number of carbonyl (C=O) groups excluding carboxylic acids is 1. The number of amides is 1. The van der Waals surface area contributed by atoms with Crippen molar-refractivity contribution in [3.8, 4) is 5.75 Å². The maximum atomic E-state index is 13.8. The molecule has 1 saturated carbocycles. The predicted octanol–water partition coefficient (Wildman–Crippen LogP) is 4.14. The Bertz CT molecular complexity index is 780. The lowest BCUT2D eigenvalue weighted by molar-refractivity contribution is 0.0633. The second-order valence-corrected chi connectivity index (χ2v) is 7.05. The predicted molar refractivity (Wildman–Crippen MR) is 104 cm³/mol. The van der Waals surface area contributed by atoms with E-state index in [1.165, 1.54) is 6.07 Å². The van der Waals surface area contributed by atoms with Gasteiger partial charge >= 0.3 is 0 Å². The molecule has 27 heavy (non-hydrogen) atoms. The van der Waals surface area contributed by atoms with E-state index in [1.54, 1.807) is 30.3 Å². The Balaban J connectivity index is 1.77. The normalized spacial score (nSPS) is 19.5. The lowest BCUT2D eigenvalue weighted by Gasteiger charge is -2.36. The Morgan fingerprint density at radius 1 is 1.19 bits per heavy atom. The molecule has 1 aliphatic rings. The van der Waals surface area contributed by atoms with Crippen LogP contribution in [0.25, 0.3) is 0 Å². The number of ether oxygens (including phenoxy) is 1. The molecule has 0 bridgehead atoms. The van der Waals surface area contributed by atoms with E-state index in [0.717, 1.165) is 25.7 Å². The largest absolute Gasteiger partial charge is 0.488 e. The third-order valence-electron chi connectivity index (χ3n) is 5.19. The standard InChI is InChI=1S/C22H27FN2O2/c1-2-25(18-10-7-9-17(24)14-18)22(26)19-11-4-6-13-21(19)27-15-16-8-3-5-12-20(16)23/h3-6,8,11-13,17-18H,2,7,9-10,14-15,24H2,1H3/t17-,18+/m1/s1. The highest BCUT2D eigenvalue weighted by molar-refractivity contribution is 5.97.